The largest absolute Gasteiger partial charge is 0.353 e. The van der Waals surface area contributed by atoms with E-state index in [0.717, 1.165) is 39.1 Å². The van der Waals surface area contributed by atoms with Gasteiger partial charge in [0.1, 0.15) is 5.82 Å². The molecule has 1 aliphatic heterocycles. The predicted molar refractivity (Wildman–Crippen MR) is 82.4 cm³/mol. The van der Waals surface area contributed by atoms with E-state index in [-0.39, 0.29) is 11.7 Å². The monoisotopic (exact) mass is 291 g/mol. The van der Waals surface area contributed by atoms with Crippen LogP contribution in [0.3, 0.4) is 0 Å². The summed E-state index contributed by atoms with van der Waals surface area (Å²) in [6.07, 6.45) is 3.81. The number of benzene rings is 1. The Morgan fingerprint density at radius 3 is 2.86 bits per heavy atom. The molecule has 0 saturated carbocycles. The molecule has 0 atom stereocenters. The normalized spacial score (nSPS) is 16.2. The van der Waals surface area contributed by atoms with Crippen LogP contribution in [0.25, 0.3) is 6.08 Å². The number of carbonyl (C=O) groups excluding carboxylic acids is 1. The van der Waals surface area contributed by atoms with Gasteiger partial charge in [0.15, 0.2) is 0 Å². The van der Waals surface area contributed by atoms with E-state index in [1.54, 1.807) is 18.2 Å². The Bertz CT molecular complexity index is 484. The zero-order valence-electron chi connectivity index (χ0n) is 12.1. The number of nitrogens with one attached hydrogen (secondary N) is 2. The van der Waals surface area contributed by atoms with Crippen LogP contribution in [0.2, 0.25) is 0 Å². The molecular weight excluding hydrogens is 269 g/mol. The van der Waals surface area contributed by atoms with Gasteiger partial charge in [-0.2, -0.15) is 0 Å². The van der Waals surface area contributed by atoms with Gasteiger partial charge < -0.3 is 15.5 Å². The van der Waals surface area contributed by atoms with E-state index in [0.29, 0.717) is 12.1 Å². The zero-order valence-corrected chi connectivity index (χ0v) is 12.1. The minimum atomic E-state index is -0.319. The smallest absolute Gasteiger partial charge is 0.244 e. The van der Waals surface area contributed by atoms with E-state index in [2.05, 4.69) is 15.5 Å². The van der Waals surface area contributed by atoms with Crippen LogP contribution in [-0.4, -0.2) is 50.1 Å². The molecule has 114 valence electrons. The number of halogens is 1. The van der Waals surface area contributed by atoms with E-state index >= 15 is 0 Å². The second kappa shape index (κ2) is 8.54. The number of nitrogens with zero attached hydrogens (tertiary/aromatic N) is 1. The lowest BCUT2D eigenvalue weighted by atomic mass is 10.2. The highest BCUT2D eigenvalue weighted by atomic mass is 19.1. The molecule has 0 radical (unpaired) electrons. The van der Waals surface area contributed by atoms with Gasteiger partial charge in [-0.3, -0.25) is 4.79 Å². The topological polar surface area (TPSA) is 44.4 Å². The summed E-state index contributed by atoms with van der Waals surface area (Å²) in [6.45, 7) is 5.86. The minimum Gasteiger partial charge on any atom is -0.353 e. The van der Waals surface area contributed by atoms with Crippen molar-refractivity contribution in [2.45, 2.75) is 6.42 Å². The molecule has 1 saturated heterocycles. The summed E-state index contributed by atoms with van der Waals surface area (Å²) in [6, 6.07) is 6.39. The molecule has 21 heavy (non-hydrogen) atoms. The highest BCUT2D eigenvalue weighted by molar-refractivity contribution is 5.91. The third-order valence-electron chi connectivity index (χ3n) is 3.48. The molecule has 1 aromatic carbocycles. The van der Waals surface area contributed by atoms with Crippen LogP contribution in [0, 0.1) is 5.82 Å². The summed E-state index contributed by atoms with van der Waals surface area (Å²) in [5, 5.41) is 6.13. The van der Waals surface area contributed by atoms with Crippen molar-refractivity contribution < 1.29 is 9.18 Å². The Labute approximate surface area is 125 Å². The molecule has 5 heteroatoms. The van der Waals surface area contributed by atoms with Crippen molar-refractivity contribution in [2.75, 3.05) is 39.3 Å². The highest BCUT2D eigenvalue weighted by Crippen LogP contribution is 2.07. The van der Waals surface area contributed by atoms with Gasteiger partial charge in [-0.15, -0.1) is 0 Å². The second-order valence-electron chi connectivity index (χ2n) is 5.09. The first-order chi connectivity index (χ1) is 10.3. The summed E-state index contributed by atoms with van der Waals surface area (Å²) < 4.78 is 13.4. The van der Waals surface area contributed by atoms with E-state index in [1.165, 1.54) is 18.2 Å². The summed E-state index contributed by atoms with van der Waals surface area (Å²) in [4.78, 5) is 14.0. The molecule has 1 aliphatic rings. The maximum Gasteiger partial charge on any atom is 0.244 e. The second-order valence-corrected chi connectivity index (χ2v) is 5.09. The molecule has 0 spiro atoms. The van der Waals surface area contributed by atoms with Crippen molar-refractivity contribution in [3.8, 4) is 0 Å². The number of hydrogen-bond acceptors (Lipinski definition) is 3. The molecular formula is C16H22FN3O. The zero-order chi connectivity index (χ0) is 14.9. The fourth-order valence-corrected chi connectivity index (χ4v) is 2.28. The first kappa shape index (κ1) is 15.7. The molecule has 0 unspecified atom stereocenters. The number of amides is 1. The van der Waals surface area contributed by atoms with Crippen molar-refractivity contribution in [1.29, 1.82) is 0 Å². The lowest BCUT2D eigenvalue weighted by molar-refractivity contribution is -0.116. The SMILES string of the molecule is O=C(/C=C/c1ccccc1F)NCCCN1CCNCC1. The Hall–Kier alpha value is -1.72. The fraction of sp³-hybridized carbons (Fsp3) is 0.438. The van der Waals surface area contributed by atoms with Crippen molar-refractivity contribution in [2.24, 2.45) is 0 Å². The average molecular weight is 291 g/mol. The molecule has 1 fully saturated rings. The summed E-state index contributed by atoms with van der Waals surface area (Å²) in [7, 11) is 0. The van der Waals surface area contributed by atoms with E-state index < -0.39 is 0 Å². The average Bonchev–Trinajstić information content (AvgIpc) is 2.52. The van der Waals surface area contributed by atoms with E-state index in [4.69, 9.17) is 0 Å². The Balaban J connectivity index is 1.64. The standard InChI is InChI=1S/C16H22FN3O/c17-15-5-2-1-4-14(15)6-7-16(21)19-8-3-11-20-12-9-18-10-13-20/h1-2,4-7,18H,3,8-13H2,(H,19,21)/b7-6+. The first-order valence-corrected chi connectivity index (χ1v) is 7.39. The molecule has 1 amide bonds. The van der Waals surface area contributed by atoms with Gasteiger partial charge in [0.2, 0.25) is 5.91 Å². The minimum absolute atomic E-state index is 0.182. The van der Waals surface area contributed by atoms with Gasteiger partial charge in [0.25, 0.3) is 0 Å². The molecule has 2 rings (SSSR count). The van der Waals surface area contributed by atoms with Crippen LogP contribution in [0.1, 0.15) is 12.0 Å². The molecule has 1 aromatic rings. The Morgan fingerprint density at radius 2 is 2.10 bits per heavy atom. The quantitative estimate of drug-likeness (QED) is 0.612. The van der Waals surface area contributed by atoms with Crippen LogP contribution in [0.4, 0.5) is 4.39 Å². The molecule has 1 heterocycles. The van der Waals surface area contributed by atoms with Gasteiger partial charge in [-0.05, 0) is 25.1 Å². The predicted octanol–water partition coefficient (Wildman–Crippen LogP) is 1.25. The highest BCUT2D eigenvalue weighted by Gasteiger charge is 2.08. The van der Waals surface area contributed by atoms with Gasteiger partial charge in [-0.1, -0.05) is 18.2 Å². The van der Waals surface area contributed by atoms with Gasteiger partial charge in [0, 0.05) is 44.4 Å². The third-order valence-corrected chi connectivity index (χ3v) is 3.48. The maximum absolute atomic E-state index is 13.4. The summed E-state index contributed by atoms with van der Waals surface area (Å²) in [5.41, 5.74) is 0.425. The molecule has 2 N–H and O–H groups in total. The maximum atomic E-state index is 13.4. The lowest BCUT2D eigenvalue weighted by Gasteiger charge is -2.26. The number of rotatable bonds is 6. The van der Waals surface area contributed by atoms with Crippen LogP contribution in [0.15, 0.2) is 30.3 Å². The van der Waals surface area contributed by atoms with Crippen molar-refractivity contribution in [1.82, 2.24) is 15.5 Å². The Morgan fingerprint density at radius 1 is 1.33 bits per heavy atom. The number of hydrogen-bond donors (Lipinski definition) is 2. The fourth-order valence-electron chi connectivity index (χ4n) is 2.28. The molecule has 4 nitrogen and oxygen atoms in total. The van der Waals surface area contributed by atoms with Crippen LogP contribution in [0.5, 0.6) is 0 Å². The van der Waals surface area contributed by atoms with Gasteiger partial charge in [-0.25, -0.2) is 4.39 Å². The van der Waals surface area contributed by atoms with Crippen molar-refractivity contribution in [3.05, 3.63) is 41.7 Å². The molecule has 0 bridgehead atoms. The molecule has 0 aliphatic carbocycles. The Kier molecular flexibility index (Phi) is 6.37. The van der Waals surface area contributed by atoms with Crippen molar-refractivity contribution in [3.63, 3.8) is 0 Å². The first-order valence-electron chi connectivity index (χ1n) is 7.39. The lowest BCUT2D eigenvalue weighted by Crippen LogP contribution is -2.44. The van der Waals surface area contributed by atoms with Crippen LogP contribution >= 0.6 is 0 Å². The number of carbonyl (C=O) groups is 1. The van der Waals surface area contributed by atoms with Crippen molar-refractivity contribution >= 4 is 12.0 Å². The van der Waals surface area contributed by atoms with Gasteiger partial charge >= 0.3 is 0 Å². The summed E-state index contributed by atoms with van der Waals surface area (Å²) >= 11 is 0. The van der Waals surface area contributed by atoms with Crippen LogP contribution < -0.4 is 10.6 Å². The van der Waals surface area contributed by atoms with Crippen LogP contribution in [-0.2, 0) is 4.79 Å². The van der Waals surface area contributed by atoms with Gasteiger partial charge in [0.05, 0.1) is 0 Å². The number of piperazine rings is 1. The molecule has 0 aromatic heterocycles. The third kappa shape index (κ3) is 5.65. The van der Waals surface area contributed by atoms with E-state index in [1.807, 2.05) is 0 Å². The van der Waals surface area contributed by atoms with E-state index in [9.17, 15) is 9.18 Å². The summed E-state index contributed by atoms with van der Waals surface area (Å²) in [5.74, 6) is -0.501.